The minimum absolute atomic E-state index is 0.176. The van der Waals surface area contributed by atoms with Crippen molar-refractivity contribution in [1.82, 2.24) is 0 Å². The summed E-state index contributed by atoms with van der Waals surface area (Å²) in [4.78, 5) is 23.5. The van der Waals surface area contributed by atoms with E-state index in [9.17, 15) is 9.59 Å². The largest absolute Gasteiger partial charge is 0.496 e. The lowest BCUT2D eigenvalue weighted by Gasteiger charge is -2.22. The summed E-state index contributed by atoms with van der Waals surface area (Å²) in [6.45, 7) is 6.15. The predicted molar refractivity (Wildman–Crippen MR) is 128 cm³/mol. The number of rotatable bonds is 12. The minimum Gasteiger partial charge on any atom is -0.496 e. The van der Waals surface area contributed by atoms with Crippen molar-refractivity contribution < 1.29 is 19.1 Å². The van der Waals surface area contributed by atoms with E-state index in [-0.39, 0.29) is 11.8 Å². The van der Waals surface area contributed by atoms with E-state index in [2.05, 4.69) is 31.2 Å². The summed E-state index contributed by atoms with van der Waals surface area (Å²) in [5, 5.41) is 0. The molecular weight excluding hydrogens is 388 g/mol. The molecule has 1 aromatic rings. The number of carbonyl (C=O) groups is 2. The van der Waals surface area contributed by atoms with Crippen molar-refractivity contribution in [2.75, 3.05) is 14.2 Å². The molecule has 0 unspecified atom stereocenters. The van der Waals surface area contributed by atoms with Gasteiger partial charge in [-0.15, -0.1) is 0 Å². The van der Waals surface area contributed by atoms with Crippen LogP contribution in [0.1, 0.15) is 95.6 Å². The Morgan fingerprint density at radius 2 is 1.84 bits per heavy atom. The molecule has 31 heavy (non-hydrogen) atoms. The van der Waals surface area contributed by atoms with Gasteiger partial charge in [-0.3, -0.25) is 9.59 Å². The summed E-state index contributed by atoms with van der Waals surface area (Å²) >= 11 is 0. The molecule has 2 rings (SSSR count). The molecule has 4 heteroatoms. The molecular formula is C27H42O4. The van der Waals surface area contributed by atoms with E-state index in [0.717, 1.165) is 56.3 Å². The van der Waals surface area contributed by atoms with Crippen LogP contribution in [0.2, 0.25) is 0 Å². The van der Waals surface area contributed by atoms with Crippen LogP contribution in [0.4, 0.5) is 0 Å². The van der Waals surface area contributed by atoms with Crippen molar-refractivity contribution in [3.8, 4) is 5.75 Å². The van der Waals surface area contributed by atoms with Gasteiger partial charge in [0.25, 0.3) is 0 Å². The summed E-state index contributed by atoms with van der Waals surface area (Å²) in [6, 6.07) is 6.32. The van der Waals surface area contributed by atoms with Crippen molar-refractivity contribution in [3.05, 3.63) is 41.5 Å². The fourth-order valence-electron chi connectivity index (χ4n) is 4.34. The van der Waals surface area contributed by atoms with Gasteiger partial charge in [-0.1, -0.05) is 64.3 Å². The Morgan fingerprint density at radius 3 is 2.52 bits per heavy atom. The van der Waals surface area contributed by atoms with E-state index in [1.54, 1.807) is 7.11 Å². The molecule has 0 aromatic heterocycles. The maximum absolute atomic E-state index is 12.1. The van der Waals surface area contributed by atoms with Crippen LogP contribution in [0.25, 0.3) is 0 Å². The standard InChI is InChI=1S/C25H36O4.C2H6/c1-4-5-6-13-21(26)18-17-19-10-7-14-22(19)23-15-8-11-20(25(23)29-3)12-9-16-24(27)28-2;1-2/h8,11,15,17-19,22H,4-7,9-10,12-14,16H2,1-3H3;1-2H3/b18-17+;/t19-,22-;/m0./s1. The highest BCUT2D eigenvalue weighted by molar-refractivity contribution is 5.89. The van der Waals surface area contributed by atoms with Crippen LogP contribution in [-0.4, -0.2) is 26.0 Å². The van der Waals surface area contributed by atoms with Crippen molar-refractivity contribution in [1.29, 1.82) is 0 Å². The summed E-state index contributed by atoms with van der Waals surface area (Å²) < 4.78 is 10.5. The summed E-state index contributed by atoms with van der Waals surface area (Å²) in [5.74, 6) is 1.77. The quantitative estimate of drug-likeness (QED) is 0.208. The van der Waals surface area contributed by atoms with E-state index in [4.69, 9.17) is 9.47 Å². The van der Waals surface area contributed by atoms with Crippen LogP contribution >= 0.6 is 0 Å². The van der Waals surface area contributed by atoms with Gasteiger partial charge in [0.1, 0.15) is 5.75 Å². The third-order valence-corrected chi connectivity index (χ3v) is 5.91. The second kappa shape index (κ2) is 15.7. The average molecular weight is 431 g/mol. The lowest BCUT2D eigenvalue weighted by atomic mass is 9.86. The van der Waals surface area contributed by atoms with Crippen LogP contribution in [-0.2, 0) is 20.7 Å². The fraction of sp³-hybridized carbons (Fsp3) is 0.630. The topological polar surface area (TPSA) is 52.6 Å². The highest BCUT2D eigenvalue weighted by Crippen LogP contribution is 2.44. The number of carbonyl (C=O) groups excluding carboxylic acids is 2. The van der Waals surface area contributed by atoms with Crippen LogP contribution < -0.4 is 4.74 Å². The highest BCUT2D eigenvalue weighted by atomic mass is 16.5. The molecule has 0 amide bonds. The smallest absolute Gasteiger partial charge is 0.305 e. The summed E-state index contributed by atoms with van der Waals surface area (Å²) in [5.41, 5.74) is 2.37. The summed E-state index contributed by atoms with van der Waals surface area (Å²) in [7, 11) is 3.14. The van der Waals surface area contributed by atoms with Gasteiger partial charge >= 0.3 is 5.97 Å². The SMILES string of the molecule is CC.CCCCCC(=O)/C=C/[C@@H]1CCC[C@@H]1c1cccc(CCCC(=O)OC)c1OC. The van der Waals surface area contributed by atoms with Gasteiger partial charge in [0, 0.05) is 12.8 Å². The first kappa shape index (κ1) is 26.9. The van der Waals surface area contributed by atoms with Gasteiger partial charge < -0.3 is 9.47 Å². The Morgan fingerprint density at radius 1 is 1.06 bits per heavy atom. The Hall–Kier alpha value is -2.10. The molecule has 0 radical (unpaired) electrons. The number of esters is 1. The van der Waals surface area contributed by atoms with Gasteiger partial charge in [0.2, 0.25) is 0 Å². The van der Waals surface area contributed by atoms with Gasteiger partial charge in [0.05, 0.1) is 14.2 Å². The van der Waals surface area contributed by atoms with Gasteiger partial charge in [-0.2, -0.15) is 0 Å². The van der Waals surface area contributed by atoms with E-state index < -0.39 is 0 Å². The third-order valence-electron chi connectivity index (χ3n) is 5.91. The zero-order valence-corrected chi connectivity index (χ0v) is 20.2. The van der Waals surface area contributed by atoms with E-state index in [0.29, 0.717) is 24.7 Å². The number of ether oxygens (including phenoxy) is 2. The average Bonchev–Trinajstić information content (AvgIpc) is 3.27. The number of ketones is 1. The second-order valence-corrected chi connectivity index (χ2v) is 7.95. The van der Waals surface area contributed by atoms with Crippen molar-refractivity contribution >= 4 is 11.8 Å². The molecule has 0 spiro atoms. The Kier molecular flexibility index (Phi) is 13.6. The first-order valence-electron chi connectivity index (χ1n) is 12.0. The number of aryl methyl sites for hydroxylation is 1. The van der Waals surface area contributed by atoms with Crippen molar-refractivity contribution in [2.45, 2.75) is 90.9 Å². The van der Waals surface area contributed by atoms with Gasteiger partial charge in [-0.05, 0) is 61.1 Å². The first-order valence-corrected chi connectivity index (χ1v) is 12.0. The number of methoxy groups -OCH3 is 2. The van der Waals surface area contributed by atoms with Gasteiger partial charge in [-0.25, -0.2) is 0 Å². The molecule has 174 valence electrons. The van der Waals surface area contributed by atoms with E-state index in [1.807, 2.05) is 19.9 Å². The minimum atomic E-state index is -0.176. The van der Waals surface area contributed by atoms with E-state index in [1.165, 1.54) is 19.1 Å². The molecule has 1 aliphatic carbocycles. The van der Waals surface area contributed by atoms with E-state index >= 15 is 0 Å². The molecule has 1 aliphatic rings. The van der Waals surface area contributed by atoms with Crippen molar-refractivity contribution in [3.63, 3.8) is 0 Å². The molecule has 1 fully saturated rings. The maximum atomic E-state index is 12.1. The molecule has 0 bridgehead atoms. The number of para-hydroxylation sites is 1. The Labute approximate surface area is 189 Å². The second-order valence-electron chi connectivity index (χ2n) is 7.95. The zero-order valence-electron chi connectivity index (χ0n) is 20.2. The Balaban J connectivity index is 0.00000233. The molecule has 0 saturated heterocycles. The van der Waals surface area contributed by atoms with Crippen LogP contribution in [0.5, 0.6) is 5.75 Å². The maximum Gasteiger partial charge on any atom is 0.305 e. The summed E-state index contributed by atoms with van der Waals surface area (Å²) in [6.07, 6.45) is 13.2. The Bertz CT molecular complexity index is 692. The highest BCUT2D eigenvalue weighted by Gasteiger charge is 2.29. The van der Waals surface area contributed by atoms with Crippen LogP contribution in [0.15, 0.2) is 30.4 Å². The molecule has 0 aliphatic heterocycles. The van der Waals surface area contributed by atoms with Crippen LogP contribution in [0, 0.1) is 5.92 Å². The lowest BCUT2D eigenvalue weighted by Crippen LogP contribution is -2.08. The zero-order chi connectivity index (χ0) is 23.1. The molecule has 0 N–H and O–H groups in total. The molecule has 1 saturated carbocycles. The molecule has 4 nitrogen and oxygen atoms in total. The number of allylic oxidation sites excluding steroid dienone is 2. The third kappa shape index (κ3) is 8.88. The predicted octanol–water partition coefficient (Wildman–Crippen LogP) is 6.81. The van der Waals surface area contributed by atoms with Crippen LogP contribution in [0.3, 0.4) is 0 Å². The number of benzene rings is 1. The molecule has 1 aromatic carbocycles. The first-order chi connectivity index (χ1) is 15.1. The van der Waals surface area contributed by atoms with Gasteiger partial charge in [0.15, 0.2) is 5.78 Å². The lowest BCUT2D eigenvalue weighted by molar-refractivity contribution is -0.140. The molecule has 2 atom stereocenters. The van der Waals surface area contributed by atoms with Crippen molar-refractivity contribution in [2.24, 2.45) is 5.92 Å². The molecule has 0 heterocycles. The fourth-order valence-corrected chi connectivity index (χ4v) is 4.34. The number of hydrogen-bond acceptors (Lipinski definition) is 4. The monoisotopic (exact) mass is 430 g/mol. The number of unbranched alkanes of at least 4 members (excludes halogenated alkanes) is 2. The normalized spacial score (nSPS) is 17.8. The number of hydrogen-bond donors (Lipinski definition) is 0.